The zero-order chi connectivity index (χ0) is 16.8. The summed E-state index contributed by atoms with van der Waals surface area (Å²) in [5.74, 6) is -0.0114. The van der Waals surface area contributed by atoms with E-state index >= 15 is 0 Å². The van der Waals surface area contributed by atoms with Crippen LogP contribution in [0.5, 0.6) is 0 Å². The Hall–Kier alpha value is -1.88. The maximum absolute atomic E-state index is 12.5. The number of nitrogens with zero attached hydrogens (tertiary/aromatic N) is 1. The first-order valence-electron chi connectivity index (χ1n) is 8.40. The van der Waals surface area contributed by atoms with Gasteiger partial charge in [0, 0.05) is 25.2 Å². The SMILES string of the molecule is CCc1ccc(NC(=O)C(C)N2CCCC(NC(C)=O)C2)cc1. The van der Waals surface area contributed by atoms with Crippen molar-refractivity contribution in [3.05, 3.63) is 29.8 Å². The molecule has 2 rings (SSSR count). The van der Waals surface area contributed by atoms with Crippen molar-refractivity contribution in [3.8, 4) is 0 Å². The number of carbonyl (C=O) groups is 2. The van der Waals surface area contributed by atoms with E-state index in [9.17, 15) is 9.59 Å². The average molecular weight is 317 g/mol. The topological polar surface area (TPSA) is 61.4 Å². The fourth-order valence-electron chi connectivity index (χ4n) is 3.00. The van der Waals surface area contributed by atoms with Crippen molar-refractivity contribution in [1.82, 2.24) is 10.2 Å². The van der Waals surface area contributed by atoms with Crippen LogP contribution in [-0.2, 0) is 16.0 Å². The lowest BCUT2D eigenvalue weighted by Gasteiger charge is -2.36. The molecule has 1 saturated heterocycles. The first-order chi connectivity index (χ1) is 11.0. The molecule has 23 heavy (non-hydrogen) atoms. The van der Waals surface area contributed by atoms with Gasteiger partial charge in [0.1, 0.15) is 0 Å². The monoisotopic (exact) mass is 317 g/mol. The fourth-order valence-corrected chi connectivity index (χ4v) is 3.00. The number of anilines is 1. The van der Waals surface area contributed by atoms with Crippen LogP contribution in [0.25, 0.3) is 0 Å². The second-order valence-electron chi connectivity index (χ2n) is 6.25. The zero-order valence-electron chi connectivity index (χ0n) is 14.3. The molecular formula is C18H27N3O2. The summed E-state index contributed by atoms with van der Waals surface area (Å²) in [4.78, 5) is 25.8. The lowest BCUT2D eigenvalue weighted by Crippen LogP contribution is -2.52. The molecule has 2 N–H and O–H groups in total. The van der Waals surface area contributed by atoms with Gasteiger partial charge in [0.05, 0.1) is 6.04 Å². The highest BCUT2D eigenvalue weighted by Crippen LogP contribution is 2.15. The van der Waals surface area contributed by atoms with E-state index < -0.39 is 0 Å². The number of aryl methyl sites for hydroxylation is 1. The molecule has 0 radical (unpaired) electrons. The van der Waals surface area contributed by atoms with Gasteiger partial charge >= 0.3 is 0 Å². The number of hydrogen-bond acceptors (Lipinski definition) is 3. The molecule has 1 aliphatic heterocycles. The van der Waals surface area contributed by atoms with Gasteiger partial charge in [-0.15, -0.1) is 0 Å². The third-order valence-electron chi connectivity index (χ3n) is 4.42. The average Bonchev–Trinajstić information content (AvgIpc) is 2.54. The van der Waals surface area contributed by atoms with Gasteiger partial charge in [-0.1, -0.05) is 19.1 Å². The lowest BCUT2D eigenvalue weighted by molar-refractivity contribution is -0.121. The molecule has 0 aliphatic carbocycles. The van der Waals surface area contributed by atoms with E-state index in [0.717, 1.165) is 38.0 Å². The molecule has 0 spiro atoms. The molecule has 1 heterocycles. The highest BCUT2D eigenvalue weighted by Gasteiger charge is 2.27. The Labute approximate surface area is 138 Å². The van der Waals surface area contributed by atoms with E-state index in [1.165, 1.54) is 12.5 Å². The fraction of sp³-hybridized carbons (Fsp3) is 0.556. The van der Waals surface area contributed by atoms with Crippen molar-refractivity contribution in [1.29, 1.82) is 0 Å². The first kappa shape index (κ1) is 17.5. The molecule has 0 aromatic heterocycles. The third kappa shape index (κ3) is 5.06. The third-order valence-corrected chi connectivity index (χ3v) is 4.42. The Morgan fingerprint density at radius 1 is 1.30 bits per heavy atom. The number of amides is 2. The molecular weight excluding hydrogens is 290 g/mol. The molecule has 1 aromatic rings. The maximum Gasteiger partial charge on any atom is 0.241 e. The summed E-state index contributed by atoms with van der Waals surface area (Å²) in [7, 11) is 0. The summed E-state index contributed by atoms with van der Waals surface area (Å²) >= 11 is 0. The standard InChI is InChI=1S/C18H27N3O2/c1-4-15-7-9-16(10-8-15)20-18(23)13(2)21-11-5-6-17(12-21)19-14(3)22/h7-10,13,17H,4-6,11-12H2,1-3H3,(H,19,22)(H,20,23). The van der Waals surface area contributed by atoms with E-state index in [1.54, 1.807) is 0 Å². The van der Waals surface area contributed by atoms with Crippen molar-refractivity contribution in [2.75, 3.05) is 18.4 Å². The molecule has 1 aromatic carbocycles. The quantitative estimate of drug-likeness (QED) is 0.875. The van der Waals surface area contributed by atoms with Gasteiger partial charge in [-0.3, -0.25) is 14.5 Å². The Morgan fingerprint density at radius 2 is 2.00 bits per heavy atom. The highest BCUT2D eigenvalue weighted by molar-refractivity contribution is 5.94. The summed E-state index contributed by atoms with van der Waals surface area (Å²) in [5.41, 5.74) is 2.08. The maximum atomic E-state index is 12.5. The summed E-state index contributed by atoms with van der Waals surface area (Å²) in [6.45, 7) is 7.18. The Morgan fingerprint density at radius 3 is 2.61 bits per heavy atom. The van der Waals surface area contributed by atoms with Crippen molar-refractivity contribution >= 4 is 17.5 Å². The molecule has 2 unspecified atom stereocenters. The minimum absolute atomic E-state index is 0.00211. The van der Waals surface area contributed by atoms with Gasteiger partial charge < -0.3 is 10.6 Å². The molecule has 5 heteroatoms. The van der Waals surface area contributed by atoms with Crippen LogP contribution in [0.15, 0.2) is 24.3 Å². The smallest absolute Gasteiger partial charge is 0.241 e. The van der Waals surface area contributed by atoms with E-state index in [2.05, 4.69) is 22.5 Å². The van der Waals surface area contributed by atoms with Crippen molar-refractivity contribution < 1.29 is 9.59 Å². The molecule has 5 nitrogen and oxygen atoms in total. The number of hydrogen-bond donors (Lipinski definition) is 2. The van der Waals surface area contributed by atoms with Gasteiger partial charge in [0.2, 0.25) is 11.8 Å². The summed E-state index contributed by atoms with van der Waals surface area (Å²) in [6, 6.07) is 7.89. The minimum atomic E-state index is -0.211. The Kier molecular flexibility index (Phi) is 6.16. The normalized spacial score (nSPS) is 19.9. The molecule has 126 valence electrons. The molecule has 1 fully saturated rings. The summed E-state index contributed by atoms with van der Waals surface area (Å²) < 4.78 is 0. The number of carbonyl (C=O) groups excluding carboxylic acids is 2. The van der Waals surface area contributed by atoms with Crippen LogP contribution in [-0.4, -0.2) is 41.9 Å². The number of nitrogens with one attached hydrogen (secondary N) is 2. The van der Waals surface area contributed by atoms with E-state index in [4.69, 9.17) is 0 Å². The first-order valence-corrected chi connectivity index (χ1v) is 8.40. The van der Waals surface area contributed by atoms with Crippen LogP contribution >= 0.6 is 0 Å². The summed E-state index contributed by atoms with van der Waals surface area (Å²) in [6.07, 6.45) is 2.96. The Bertz CT molecular complexity index is 542. The molecule has 2 atom stereocenters. The van der Waals surface area contributed by atoms with E-state index in [1.807, 2.05) is 31.2 Å². The van der Waals surface area contributed by atoms with Gasteiger partial charge in [0.15, 0.2) is 0 Å². The van der Waals surface area contributed by atoms with Gasteiger partial charge in [-0.2, -0.15) is 0 Å². The van der Waals surface area contributed by atoms with Crippen molar-refractivity contribution in [2.45, 2.75) is 52.1 Å². The van der Waals surface area contributed by atoms with Gasteiger partial charge in [-0.25, -0.2) is 0 Å². The minimum Gasteiger partial charge on any atom is -0.352 e. The lowest BCUT2D eigenvalue weighted by atomic mass is 10.0. The highest BCUT2D eigenvalue weighted by atomic mass is 16.2. The predicted molar refractivity (Wildman–Crippen MR) is 92.3 cm³/mol. The number of piperidine rings is 1. The van der Waals surface area contributed by atoms with Crippen LogP contribution in [0.4, 0.5) is 5.69 Å². The van der Waals surface area contributed by atoms with Crippen LogP contribution in [0.2, 0.25) is 0 Å². The second kappa shape index (κ2) is 8.11. The van der Waals surface area contributed by atoms with Crippen molar-refractivity contribution in [2.24, 2.45) is 0 Å². The molecule has 1 aliphatic rings. The largest absolute Gasteiger partial charge is 0.352 e. The van der Waals surface area contributed by atoms with E-state index in [0.29, 0.717) is 0 Å². The molecule has 0 bridgehead atoms. The van der Waals surface area contributed by atoms with E-state index in [-0.39, 0.29) is 23.9 Å². The number of benzene rings is 1. The van der Waals surface area contributed by atoms with Crippen molar-refractivity contribution in [3.63, 3.8) is 0 Å². The predicted octanol–water partition coefficient (Wildman–Crippen LogP) is 2.18. The molecule has 2 amide bonds. The van der Waals surface area contributed by atoms with Crippen LogP contribution < -0.4 is 10.6 Å². The van der Waals surface area contributed by atoms with Gasteiger partial charge in [-0.05, 0) is 50.4 Å². The summed E-state index contributed by atoms with van der Waals surface area (Å²) in [5, 5.41) is 5.93. The molecule has 0 saturated carbocycles. The Balaban J connectivity index is 1.91. The van der Waals surface area contributed by atoms with Gasteiger partial charge in [0.25, 0.3) is 0 Å². The van der Waals surface area contributed by atoms with Crippen LogP contribution in [0.3, 0.4) is 0 Å². The number of likely N-dealkylation sites (tertiary alicyclic amines) is 1. The second-order valence-corrected chi connectivity index (χ2v) is 6.25. The number of rotatable bonds is 5. The van der Waals surface area contributed by atoms with Crippen LogP contribution in [0.1, 0.15) is 39.2 Å². The van der Waals surface area contributed by atoms with Crippen LogP contribution in [0, 0.1) is 0 Å². The zero-order valence-corrected chi connectivity index (χ0v) is 14.3.